The van der Waals surface area contributed by atoms with Crippen molar-refractivity contribution in [2.24, 2.45) is 0 Å². The maximum atomic E-state index is 12.7. The van der Waals surface area contributed by atoms with Gasteiger partial charge in [-0.25, -0.2) is 0 Å². The molecular formula is C51H88O6. The highest BCUT2D eigenvalue weighted by Gasteiger charge is 2.19. The lowest BCUT2D eigenvalue weighted by molar-refractivity contribution is -0.166. The molecule has 0 saturated carbocycles. The van der Waals surface area contributed by atoms with E-state index >= 15 is 0 Å². The highest BCUT2D eigenvalue weighted by Crippen LogP contribution is 2.14. The second-order valence-corrected chi connectivity index (χ2v) is 15.7. The van der Waals surface area contributed by atoms with Crippen LogP contribution in [0.2, 0.25) is 0 Å². The monoisotopic (exact) mass is 797 g/mol. The SMILES string of the molecule is CC/C=C\C/C=C\C/C=C\CC(=O)OCC(COC(=O)CCCCCCCCC/C=C\C/C=C\CCCCC)OC(=O)CCCCCCCCCCCCCCC. The summed E-state index contributed by atoms with van der Waals surface area (Å²) in [5, 5.41) is 0. The Morgan fingerprint density at radius 2 is 0.754 bits per heavy atom. The largest absolute Gasteiger partial charge is 0.462 e. The quantitative estimate of drug-likeness (QED) is 0.0265. The highest BCUT2D eigenvalue weighted by molar-refractivity contribution is 5.72. The molecule has 0 aromatic heterocycles. The normalized spacial score (nSPS) is 12.5. The molecule has 0 bridgehead atoms. The first-order chi connectivity index (χ1) is 28.0. The first kappa shape index (κ1) is 54.1. The van der Waals surface area contributed by atoms with E-state index in [4.69, 9.17) is 14.2 Å². The molecular weight excluding hydrogens is 709 g/mol. The van der Waals surface area contributed by atoms with E-state index in [9.17, 15) is 14.4 Å². The number of ether oxygens (including phenoxy) is 3. The van der Waals surface area contributed by atoms with Gasteiger partial charge in [0.05, 0.1) is 6.42 Å². The third-order valence-electron chi connectivity index (χ3n) is 10.0. The summed E-state index contributed by atoms with van der Waals surface area (Å²) < 4.78 is 16.6. The van der Waals surface area contributed by atoms with E-state index in [1.54, 1.807) is 6.08 Å². The van der Waals surface area contributed by atoms with E-state index in [-0.39, 0.29) is 31.6 Å². The third kappa shape index (κ3) is 44.1. The van der Waals surface area contributed by atoms with Crippen molar-refractivity contribution in [3.8, 4) is 0 Å². The van der Waals surface area contributed by atoms with Crippen LogP contribution in [0.25, 0.3) is 0 Å². The fourth-order valence-corrected chi connectivity index (χ4v) is 6.47. The van der Waals surface area contributed by atoms with Crippen LogP contribution >= 0.6 is 0 Å². The third-order valence-corrected chi connectivity index (χ3v) is 10.0. The van der Waals surface area contributed by atoms with Crippen molar-refractivity contribution < 1.29 is 28.6 Å². The van der Waals surface area contributed by atoms with Crippen molar-refractivity contribution in [1.29, 1.82) is 0 Å². The van der Waals surface area contributed by atoms with Gasteiger partial charge in [0.2, 0.25) is 0 Å². The number of rotatable bonds is 42. The smallest absolute Gasteiger partial charge is 0.309 e. The minimum absolute atomic E-state index is 0.104. The zero-order valence-corrected chi connectivity index (χ0v) is 37.3. The molecule has 0 rings (SSSR count). The standard InChI is InChI=1S/C51H88O6/c1-4-7-10-13-16-19-21-23-24-25-26-28-29-32-35-38-41-44-50(53)56-47-48(46-55-49(52)43-40-37-34-31-18-15-12-9-6-3)57-51(54)45-42-39-36-33-30-27-22-20-17-14-11-8-5-2/h9,12,16,18-19,23-24,31,37,40,48H,4-8,10-11,13-15,17,20-22,25-30,32-36,38-39,41-47H2,1-3H3/b12-9-,19-16-,24-23-,31-18-,40-37-. The van der Waals surface area contributed by atoms with Gasteiger partial charge in [-0.15, -0.1) is 0 Å². The zero-order valence-electron chi connectivity index (χ0n) is 37.3. The average Bonchev–Trinajstić information content (AvgIpc) is 3.21. The summed E-state index contributed by atoms with van der Waals surface area (Å²) in [5.74, 6) is -1.04. The number of carbonyl (C=O) groups excluding carboxylic acids is 3. The fraction of sp³-hybridized carbons (Fsp3) is 0.745. The lowest BCUT2D eigenvalue weighted by Gasteiger charge is -2.18. The Morgan fingerprint density at radius 1 is 0.386 bits per heavy atom. The predicted octanol–water partition coefficient (Wildman–Crippen LogP) is 15.3. The highest BCUT2D eigenvalue weighted by atomic mass is 16.6. The molecule has 0 aliphatic carbocycles. The summed E-state index contributed by atoms with van der Waals surface area (Å²) in [6, 6.07) is 0. The van der Waals surface area contributed by atoms with E-state index in [1.807, 2.05) is 6.08 Å². The Bertz CT molecular complexity index is 1050. The van der Waals surface area contributed by atoms with Crippen LogP contribution in [-0.4, -0.2) is 37.2 Å². The molecule has 0 spiro atoms. The van der Waals surface area contributed by atoms with Crippen molar-refractivity contribution >= 4 is 17.9 Å². The van der Waals surface area contributed by atoms with Gasteiger partial charge in [-0.2, -0.15) is 0 Å². The van der Waals surface area contributed by atoms with Crippen LogP contribution in [0.5, 0.6) is 0 Å². The number of carbonyl (C=O) groups is 3. The van der Waals surface area contributed by atoms with Gasteiger partial charge in [-0.1, -0.05) is 204 Å². The Kier molecular flexibility index (Phi) is 43.5. The molecule has 1 unspecified atom stereocenters. The van der Waals surface area contributed by atoms with E-state index in [0.717, 1.165) is 70.6 Å². The fourth-order valence-electron chi connectivity index (χ4n) is 6.47. The summed E-state index contributed by atoms with van der Waals surface area (Å²) in [4.78, 5) is 37.7. The van der Waals surface area contributed by atoms with Gasteiger partial charge in [0, 0.05) is 12.8 Å². The molecule has 0 aromatic rings. The zero-order chi connectivity index (χ0) is 41.5. The first-order valence-corrected chi connectivity index (χ1v) is 23.8. The van der Waals surface area contributed by atoms with Crippen LogP contribution < -0.4 is 0 Å². The number of hydrogen-bond donors (Lipinski definition) is 0. The minimum Gasteiger partial charge on any atom is -0.462 e. The number of unbranched alkanes of at least 4 members (excludes halogenated alkanes) is 22. The van der Waals surface area contributed by atoms with Crippen molar-refractivity contribution in [3.05, 3.63) is 60.8 Å². The van der Waals surface area contributed by atoms with Gasteiger partial charge in [-0.05, 0) is 64.2 Å². The molecule has 57 heavy (non-hydrogen) atoms. The molecule has 0 amide bonds. The maximum Gasteiger partial charge on any atom is 0.309 e. The van der Waals surface area contributed by atoms with Gasteiger partial charge >= 0.3 is 17.9 Å². The second-order valence-electron chi connectivity index (χ2n) is 15.7. The molecule has 0 N–H and O–H groups in total. The Hall–Kier alpha value is -2.89. The van der Waals surface area contributed by atoms with E-state index in [2.05, 4.69) is 69.4 Å². The summed E-state index contributed by atoms with van der Waals surface area (Å²) >= 11 is 0. The molecule has 0 saturated heterocycles. The average molecular weight is 797 g/mol. The van der Waals surface area contributed by atoms with Gasteiger partial charge in [0.1, 0.15) is 13.2 Å². The van der Waals surface area contributed by atoms with Gasteiger partial charge in [-0.3, -0.25) is 14.4 Å². The number of hydrogen-bond acceptors (Lipinski definition) is 6. The molecule has 0 aromatic carbocycles. The van der Waals surface area contributed by atoms with Crippen LogP contribution in [0.3, 0.4) is 0 Å². The predicted molar refractivity (Wildman–Crippen MR) is 242 cm³/mol. The van der Waals surface area contributed by atoms with Crippen LogP contribution in [0.1, 0.15) is 226 Å². The van der Waals surface area contributed by atoms with Gasteiger partial charge < -0.3 is 14.2 Å². The van der Waals surface area contributed by atoms with Crippen molar-refractivity contribution in [2.45, 2.75) is 232 Å². The second kappa shape index (κ2) is 45.8. The van der Waals surface area contributed by atoms with Crippen molar-refractivity contribution in [1.82, 2.24) is 0 Å². The summed E-state index contributed by atoms with van der Waals surface area (Å²) in [6.45, 7) is 6.39. The van der Waals surface area contributed by atoms with E-state index in [0.29, 0.717) is 12.8 Å². The molecule has 1 atom stereocenters. The Balaban J connectivity index is 4.38. The molecule has 0 aliphatic heterocycles. The van der Waals surface area contributed by atoms with Crippen LogP contribution in [0, 0.1) is 0 Å². The van der Waals surface area contributed by atoms with Gasteiger partial charge in [0.25, 0.3) is 0 Å². The first-order valence-electron chi connectivity index (χ1n) is 23.8. The summed E-state index contributed by atoms with van der Waals surface area (Å²) in [7, 11) is 0. The van der Waals surface area contributed by atoms with Crippen LogP contribution in [0.4, 0.5) is 0 Å². The maximum absolute atomic E-state index is 12.7. The van der Waals surface area contributed by atoms with Crippen LogP contribution in [-0.2, 0) is 28.6 Å². The van der Waals surface area contributed by atoms with E-state index < -0.39 is 12.1 Å². The summed E-state index contributed by atoms with van der Waals surface area (Å²) in [6.07, 6.45) is 55.2. The lowest BCUT2D eigenvalue weighted by Crippen LogP contribution is -2.30. The minimum atomic E-state index is -0.808. The van der Waals surface area contributed by atoms with Crippen molar-refractivity contribution in [3.63, 3.8) is 0 Å². The molecule has 0 fully saturated rings. The number of allylic oxidation sites excluding steroid dienone is 9. The lowest BCUT2D eigenvalue weighted by atomic mass is 10.0. The van der Waals surface area contributed by atoms with E-state index in [1.165, 1.54) is 116 Å². The molecule has 6 nitrogen and oxygen atoms in total. The Morgan fingerprint density at radius 3 is 1.26 bits per heavy atom. The number of esters is 3. The summed E-state index contributed by atoms with van der Waals surface area (Å²) in [5.41, 5.74) is 0. The topological polar surface area (TPSA) is 78.9 Å². The molecule has 0 radical (unpaired) electrons. The van der Waals surface area contributed by atoms with Crippen molar-refractivity contribution in [2.75, 3.05) is 13.2 Å². The molecule has 328 valence electrons. The Labute approximate surface area is 351 Å². The van der Waals surface area contributed by atoms with Crippen LogP contribution in [0.15, 0.2) is 60.8 Å². The molecule has 0 heterocycles. The molecule has 0 aliphatic rings. The van der Waals surface area contributed by atoms with Gasteiger partial charge in [0.15, 0.2) is 6.10 Å². The molecule has 6 heteroatoms.